The maximum atomic E-state index is 12.9. The predicted octanol–water partition coefficient (Wildman–Crippen LogP) is 4.11. The summed E-state index contributed by atoms with van der Waals surface area (Å²) < 4.78 is 12.9. The first-order chi connectivity index (χ1) is 10.7. The zero-order valence-electron chi connectivity index (χ0n) is 12.2. The van der Waals surface area contributed by atoms with Gasteiger partial charge in [-0.3, -0.25) is 4.79 Å². The van der Waals surface area contributed by atoms with Crippen LogP contribution in [-0.2, 0) is 10.3 Å². The van der Waals surface area contributed by atoms with Gasteiger partial charge < -0.3 is 5.32 Å². The van der Waals surface area contributed by atoms with Gasteiger partial charge in [-0.1, -0.05) is 30.3 Å². The molecule has 1 fully saturated rings. The molecule has 1 aliphatic carbocycles. The van der Waals surface area contributed by atoms with Crippen molar-refractivity contribution >= 4 is 17.7 Å². The van der Waals surface area contributed by atoms with Gasteiger partial charge in [0.1, 0.15) is 5.82 Å². The topological polar surface area (TPSA) is 29.1 Å². The molecule has 0 radical (unpaired) electrons. The van der Waals surface area contributed by atoms with Gasteiger partial charge in [0.05, 0.1) is 11.3 Å². The molecule has 114 valence electrons. The molecule has 1 amide bonds. The van der Waals surface area contributed by atoms with E-state index in [2.05, 4.69) is 17.4 Å². The van der Waals surface area contributed by atoms with Crippen LogP contribution < -0.4 is 5.32 Å². The molecule has 0 spiro atoms. The summed E-state index contributed by atoms with van der Waals surface area (Å²) in [5, 5.41) is 3.19. The van der Waals surface area contributed by atoms with Gasteiger partial charge in [-0.25, -0.2) is 4.39 Å². The summed E-state index contributed by atoms with van der Waals surface area (Å²) in [5.41, 5.74) is 0.989. The Labute approximate surface area is 134 Å². The Morgan fingerprint density at radius 1 is 1.09 bits per heavy atom. The molecule has 1 N–H and O–H groups in total. The smallest absolute Gasteiger partial charge is 0.231 e. The summed E-state index contributed by atoms with van der Waals surface area (Å²) >= 11 is 1.43. The molecular weight excluding hydrogens is 297 g/mol. The zero-order chi connectivity index (χ0) is 15.4. The van der Waals surface area contributed by atoms with Gasteiger partial charge in [0, 0.05) is 4.90 Å². The Balaban J connectivity index is 1.60. The van der Waals surface area contributed by atoms with E-state index in [-0.39, 0.29) is 17.3 Å². The van der Waals surface area contributed by atoms with Crippen LogP contribution in [0.5, 0.6) is 0 Å². The normalized spacial score (nSPS) is 15.9. The van der Waals surface area contributed by atoms with Crippen molar-refractivity contribution in [1.29, 1.82) is 0 Å². The molecule has 0 aromatic heterocycles. The van der Waals surface area contributed by atoms with Crippen LogP contribution in [0.3, 0.4) is 0 Å². The van der Waals surface area contributed by atoms with Crippen molar-refractivity contribution in [2.75, 3.05) is 5.75 Å². The van der Waals surface area contributed by atoms with Crippen molar-refractivity contribution in [2.45, 2.75) is 29.7 Å². The number of carbonyl (C=O) groups excluding carboxylic acids is 1. The second-order valence-electron chi connectivity index (χ2n) is 5.59. The number of halogens is 1. The minimum Gasteiger partial charge on any atom is -0.346 e. The number of thioether (sulfide) groups is 1. The van der Waals surface area contributed by atoms with E-state index in [9.17, 15) is 9.18 Å². The highest BCUT2D eigenvalue weighted by Gasteiger charge is 2.39. The van der Waals surface area contributed by atoms with Crippen LogP contribution in [-0.4, -0.2) is 11.7 Å². The largest absolute Gasteiger partial charge is 0.346 e. The molecule has 2 aromatic rings. The lowest BCUT2D eigenvalue weighted by molar-refractivity contribution is -0.121. The molecule has 0 saturated heterocycles. The number of rotatable bonds is 5. The molecule has 22 heavy (non-hydrogen) atoms. The van der Waals surface area contributed by atoms with Crippen molar-refractivity contribution in [1.82, 2.24) is 5.32 Å². The number of hydrogen-bond donors (Lipinski definition) is 1. The second kappa shape index (κ2) is 6.53. The summed E-state index contributed by atoms with van der Waals surface area (Å²) in [6.45, 7) is 0. The number of nitrogens with one attached hydrogen (secondary N) is 1. The van der Waals surface area contributed by atoms with E-state index >= 15 is 0 Å². The molecule has 2 nitrogen and oxygen atoms in total. The first-order valence-corrected chi connectivity index (χ1v) is 8.41. The molecule has 0 bridgehead atoms. The summed E-state index contributed by atoms with van der Waals surface area (Å²) in [7, 11) is 0. The number of amides is 1. The molecule has 0 aliphatic heterocycles. The Morgan fingerprint density at radius 3 is 2.36 bits per heavy atom. The van der Waals surface area contributed by atoms with Crippen LogP contribution in [0.25, 0.3) is 0 Å². The van der Waals surface area contributed by atoms with Gasteiger partial charge in [0.2, 0.25) is 5.91 Å². The molecular formula is C18H18FNOS. The van der Waals surface area contributed by atoms with Gasteiger partial charge in [-0.15, -0.1) is 11.8 Å². The molecule has 1 aliphatic rings. The fraction of sp³-hybridized carbons (Fsp3) is 0.278. The standard InChI is InChI=1S/C18H18FNOS/c19-15-7-9-16(10-8-15)22-13-17(21)20-18(11-4-12-18)14-5-2-1-3-6-14/h1-3,5-10H,4,11-13H2,(H,20,21). The highest BCUT2D eigenvalue weighted by atomic mass is 32.2. The lowest BCUT2D eigenvalue weighted by Crippen LogP contribution is -2.51. The van der Waals surface area contributed by atoms with Gasteiger partial charge in [-0.2, -0.15) is 0 Å². The van der Waals surface area contributed by atoms with Gasteiger partial charge in [0.15, 0.2) is 0 Å². The average molecular weight is 315 g/mol. The molecule has 3 rings (SSSR count). The first kappa shape index (κ1) is 15.1. The van der Waals surface area contributed by atoms with E-state index in [0.29, 0.717) is 5.75 Å². The maximum Gasteiger partial charge on any atom is 0.231 e. The Kier molecular flexibility index (Phi) is 4.48. The van der Waals surface area contributed by atoms with E-state index in [1.54, 1.807) is 12.1 Å². The van der Waals surface area contributed by atoms with Crippen LogP contribution in [0.2, 0.25) is 0 Å². The van der Waals surface area contributed by atoms with Gasteiger partial charge in [0.25, 0.3) is 0 Å². The monoisotopic (exact) mass is 315 g/mol. The number of benzene rings is 2. The lowest BCUT2D eigenvalue weighted by atomic mass is 9.72. The van der Waals surface area contributed by atoms with Crippen LogP contribution in [0.4, 0.5) is 4.39 Å². The van der Waals surface area contributed by atoms with Crippen LogP contribution >= 0.6 is 11.8 Å². The van der Waals surface area contributed by atoms with E-state index < -0.39 is 0 Å². The summed E-state index contributed by atoms with van der Waals surface area (Å²) in [4.78, 5) is 13.2. The maximum absolute atomic E-state index is 12.9. The quantitative estimate of drug-likeness (QED) is 0.841. The van der Waals surface area contributed by atoms with Gasteiger partial charge in [-0.05, 0) is 49.1 Å². The fourth-order valence-corrected chi connectivity index (χ4v) is 3.45. The molecule has 0 heterocycles. The predicted molar refractivity (Wildman–Crippen MR) is 87.2 cm³/mol. The van der Waals surface area contributed by atoms with Crippen LogP contribution in [0.1, 0.15) is 24.8 Å². The molecule has 4 heteroatoms. The Hall–Kier alpha value is -1.81. The van der Waals surface area contributed by atoms with E-state index in [4.69, 9.17) is 0 Å². The third kappa shape index (κ3) is 3.33. The Bertz CT molecular complexity index is 638. The molecule has 2 aromatic carbocycles. The van der Waals surface area contributed by atoms with E-state index in [1.807, 2.05) is 18.2 Å². The van der Waals surface area contributed by atoms with E-state index in [0.717, 1.165) is 24.2 Å². The van der Waals surface area contributed by atoms with Crippen molar-refractivity contribution < 1.29 is 9.18 Å². The first-order valence-electron chi connectivity index (χ1n) is 7.43. The molecule has 1 saturated carbocycles. The Morgan fingerprint density at radius 2 is 1.77 bits per heavy atom. The van der Waals surface area contributed by atoms with Gasteiger partial charge >= 0.3 is 0 Å². The van der Waals surface area contributed by atoms with Crippen molar-refractivity contribution in [2.24, 2.45) is 0 Å². The number of carbonyl (C=O) groups is 1. The SMILES string of the molecule is O=C(CSc1ccc(F)cc1)NC1(c2ccccc2)CCC1. The number of hydrogen-bond acceptors (Lipinski definition) is 2. The highest BCUT2D eigenvalue weighted by molar-refractivity contribution is 8.00. The second-order valence-corrected chi connectivity index (χ2v) is 6.64. The summed E-state index contributed by atoms with van der Waals surface area (Å²) in [6.07, 6.45) is 3.12. The van der Waals surface area contributed by atoms with E-state index in [1.165, 1.54) is 29.5 Å². The fourth-order valence-electron chi connectivity index (χ4n) is 2.76. The van der Waals surface area contributed by atoms with Crippen molar-refractivity contribution in [3.8, 4) is 0 Å². The summed E-state index contributed by atoms with van der Waals surface area (Å²) in [5.74, 6) is 0.115. The third-order valence-corrected chi connectivity index (χ3v) is 5.11. The van der Waals surface area contributed by atoms with Crippen LogP contribution in [0, 0.1) is 5.82 Å². The minimum absolute atomic E-state index is 0.0258. The van der Waals surface area contributed by atoms with Crippen LogP contribution in [0.15, 0.2) is 59.5 Å². The highest BCUT2D eigenvalue weighted by Crippen LogP contribution is 2.41. The average Bonchev–Trinajstić information content (AvgIpc) is 2.51. The summed E-state index contributed by atoms with van der Waals surface area (Å²) in [6, 6.07) is 16.4. The lowest BCUT2D eigenvalue weighted by Gasteiger charge is -2.43. The minimum atomic E-state index is -0.258. The third-order valence-electron chi connectivity index (χ3n) is 4.10. The molecule has 0 unspecified atom stereocenters. The zero-order valence-corrected chi connectivity index (χ0v) is 13.0. The van der Waals surface area contributed by atoms with Crippen molar-refractivity contribution in [3.05, 3.63) is 66.0 Å². The molecule has 0 atom stereocenters. The van der Waals surface area contributed by atoms with Crippen molar-refractivity contribution in [3.63, 3.8) is 0 Å².